The third-order valence-electron chi connectivity index (χ3n) is 3.42. The molecule has 3 nitrogen and oxygen atoms in total. The normalized spacial score (nSPS) is 14.1. The van der Waals surface area contributed by atoms with E-state index in [0.29, 0.717) is 0 Å². The minimum atomic E-state index is 0. The van der Waals surface area contributed by atoms with Gasteiger partial charge in [-0.05, 0) is 29.2 Å². The molecular formula is C16H20IN3. The zero-order valence-electron chi connectivity index (χ0n) is 11.4. The lowest BCUT2D eigenvalue weighted by Crippen LogP contribution is -2.41. The van der Waals surface area contributed by atoms with Gasteiger partial charge in [0.1, 0.15) is 0 Å². The number of hydrogen-bond acceptors (Lipinski definition) is 3. The number of nitrogens with zero attached hydrogens (tertiary/aromatic N) is 1. The lowest BCUT2D eigenvalue weighted by molar-refractivity contribution is 0.700. The van der Waals surface area contributed by atoms with Crippen LogP contribution in [0.15, 0.2) is 47.5 Å². The fraction of sp³-hybridized carbons (Fsp3) is 0.312. The fourth-order valence-electron chi connectivity index (χ4n) is 2.37. The van der Waals surface area contributed by atoms with Crippen LogP contribution < -0.4 is 10.6 Å². The Morgan fingerprint density at radius 3 is 2.75 bits per heavy atom. The predicted octanol–water partition coefficient (Wildman–Crippen LogP) is 2.94. The number of guanidine groups is 1. The second-order valence-corrected chi connectivity index (χ2v) is 4.87. The largest absolute Gasteiger partial charge is 0.356 e. The van der Waals surface area contributed by atoms with Gasteiger partial charge in [0.25, 0.3) is 0 Å². The van der Waals surface area contributed by atoms with E-state index in [1.807, 2.05) is 0 Å². The minimum absolute atomic E-state index is 0. The van der Waals surface area contributed by atoms with Gasteiger partial charge in [0.15, 0.2) is 5.96 Å². The van der Waals surface area contributed by atoms with E-state index < -0.39 is 0 Å². The van der Waals surface area contributed by atoms with E-state index in [0.717, 1.165) is 38.4 Å². The summed E-state index contributed by atoms with van der Waals surface area (Å²) in [6, 6.07) is 15.2. The molecule has 3 rings (SSSR count). The highest BCUT2D eigenvalue weighted by Gasteiger charge is 2.02. The summed E-state index contributed by atoms with van der Waals surface area (Å²) >= 11 is 0. The van der Waals surface area contributed by atoms with Gasteiger partial charge in [-0.3, -0.25) is 4.99 Å². The molecule has 0 aliphatic carbocycles. The fourth-order valence-corrected chi connectivity index (χ4v) is 2.37. The molecule has 0 amide bonds. The van der Waals surface area contributed by atoms with Crippen LogP contribution in [0.3, 0.4) is 0 Å². The van der Waals surface area contributed by atoms with Gasteiger partial charge < -0.3 is 10.6 Å². The smallest absolute Gasteiger partial charge is 0.191 e. The van der Waals surface area contributed by atoms with Crippen LogP contribution in [0.1, 0.15) is 12.0 Å². The van der Waals surface area contributed by atoms with Crippen LogP contribution in [-0.4, -0.2) is 25.6 Å². The molecule has 2 N–H and O–H groups in total. The Morgan fingerprint density at radius 2 is 1.95 bits per heavy atom. The van der Waals surface area contributed by atoms with Crippen LogP contribution >= 0.6 is 24.0 Å². The molecule has 2 aromatic carbocycles. The van der Waals surface area contributed by atoms with Crippen molar-refractivity contribution in [3.8, 4) is 0 Å². The highest BCUT2D eigenvalue weighted by Crippen LogP contribution is 2.15. The molecule has 4 heteroatoms. The molecule has 1 heterocycles. The topological polar surface area (TPSA) is 36.4 Å². The van der Waals surface area contributed by atoms with Gasteiger partial charge in [-0.15, -0.1) is 24.0 Å². The first kappa shape index (κ1) is 15.1. The number of halogens is 1. The van der Waals surface area contributed by atoms with Crippen molar-refractivity contribution >= 4 is 40.7 Å². The molecular weight excluding hydrogens is 361 g/mol. The molecule has 0 spiro atoms. The number of hydrogen-bond donors (Lipinski definition) is 2. The second-order valence-electron chi connectivity index (χ2n) is 4.87. The summed E-state index contributed by atoms with van der Waals surface area (Å²) in [6.07, 6.45) is 2.15. The van der Waals surface area contributed by atoms with Crippen LogP contribution in [0.2, 0.25) is 0 Å². The number of nitrogens with one attached hydrogen (secondary N) is 2. The second kappa shape index (κ2) is 7.47. The molecule has 1 aliphatic heterocycles. The summed E-state index contributed by atoms with van der Waals surface area (Å²) < 4.78 is 0. The Kier molecular flexibility index (Phi) is 5.64. The van der Waals surface area contributed by atoms with Crippen LogP contribution in [0, 0.1) is 0 Å². The number of rotatable bonds is 3. The van der Waals surface area contributed by atoms with E-state index in [4.69, 9.17) is 0 Å². The minimum Gasteiger partial charge on any atom is -0.356 e. The number of fused-ring (bicyclic) bond motifs is 1. The monoisotopic (exact) mass is 381 g/mol. The Morgan fingerprint density at radius 1 is 1.10 bits per heavy atom. The highest BCUT2D eigenvalue weighted by molar-refractivity contribution is 14.0. The summed E-state index contributed by atoms with van der Waals surface area (Å²) in [5, 5.41) is 9.25. The Hall–Kier alpha value is -1.30. The average Bonchev–Trinajstić information content (AvgIpc) is 2.48. The molecule has 0 saturated heterocycles. The zero-order chi connectivity index (χ0) is 12.9. The van der Waals surface area contributed by atoms with Gasteiger partial charge in [0.2, 0.25) is 0 Å². The predicted molar refractivity (Wildman–Crippen MR) is 96.0 cm³/mol. The molecule has 0 fully saturated rings. The molecule has 2 aromatic rings. The van der Waals surface area contributed by atoms with E-state index >= 15 is 0 Å². The van der Waals surface area contributed by atoms with Gasteiger partial charge in [-0.1, -0.05) is 42.5 Å². The molecule has 0 radical (unpaired) electrons. The van der Waals surface area contributed by atoms with Crippen LogP contribution in [0.5, 0.6) is 0 Å². The molecule has 0 unspecified atom stereocenters. The summed E-state index contributed by atoms with van der Waals surface area (Å²) in [5.41, 5.74) is 1.36. The lowest BCUT2D eigenvalue weighted by atomic mass is 10.1. The Balaban J connectivity index is 0.00000147. The first-order valence-corrected chi connectivity index (χ1v) is 6.92. The van der Waals surface area contributed by atoms with E-state index in [-0.39, 0.29) is 24.0 Å². The van der Waals surface area contributed by atoms with Crippen molar-refractivity contribution in [1.82, 2.24) is 10.6 Å². The quantitative estimate of drug-likeness (QED) is 0.803. The van der Waals surface area contributed by atoms with Crippen LogP contribution in [-0.2, 0) is 6.42 Å². The van der Waals surface area contributed by atoms with E-state index in [9.17, 15) is 0 Å². The van der Waals surface area contributed by atoms with Crippen LogP contribution in [0.4, 0.5) is 0 Å². The number of benzene rings is 2. The molecule has 0 aromatic heterocycles. The molecule has 106 valence electrons. The van der Waals surface area contributed by atoms with Gasteiger partial charge in [-0.25, -0.2) is 0 Å². The molecule has 0 atom stereocenters. The van der Waals surface area contributed by atoms with Crippen molar-refractivity contribution in [2.45, 2.75) is 12.8 Å². The average molecular weight is 381 g/mol. The first-order valence-electron chi connectivity index (χ1n) is 6.92. The van der Waals surface area contributed by atoms with Gasteiger partial charge in [0, 0.05) is 19.6 Å². The van der Waals surface area contributed by atoms with Gasteiger partial charge in [0.05, 0.1) is 0 Å². The molecule has 20 heavy (non-hydrogen) atoms. The van der Waals surface area contributed by atoms with Gasteiger partial charge in [-0.2, -0.15) is 0 Å². The standard InChI is InChI=1S/C16H19N3.HI/c1-2-5-15-12-13(6-7-14(15)4-1)8-11-19-16-17-9-3-10-18-16;/h1-2,4-7,12H,3,8-11H2,(H2,17,18,19);1H. The van der Waals surface area contributed by atoms with E-state index in [1.54, 1.807) is 0 Å². The molecule has 1 aliphatic rings. The van der Waals surface area contributed by atoms with Crippen molar-refractivity contribution in [1.29, 1.82) is 0 Å². The molecule has 0 saturated carbocycles. The molecule has 0 bridgehead atoms. The third-order valence-corrected chi connectivity index (χ3v) is 3.42. The van der Waals surface area contributed by atoms with Crippen molar-refractivity contribution in [3.63, 3.8) is 0 Å². The van der Waals surface area contributed by atoms with Crippen molar-refractivity contribution < 1.29 is 0 Å². The summed E-state index contributed by atoms with van der Waals surface area (Å²) in [5.74, 6) is 0.951. The maximum absolute atomic E-state index is 4.40. The summed E-state index contributed by atoms with van der Waals surface area (Å²) in [7, 11) is 0. The lowest BCUT2D eigenvalue weighted by Gasteiger charge is -2.15. The van der Waals surface area contributed by atoms with Crippen molar-refractivity contribution in [2.75, 3.05) is 19.6 Å². The van der Waals surface area contributed by atoms with Crippen molar-refractivity contribution in [3.05, 3.63) is 48.0 Å². The van der Waals surface area contributed by atoms with Crippen LogP contribution in [0.25, 0.3) is 10.8 Å². The van der Waals surface area contributed by atoms with Gasteiger partial charge >= 0.3 is 0 Å². The number of aliphatic imine (C=N–C) groups is 1. The van der Waals surface area contributed by atoms with E-state index in [1.165, 1.54) is 16.3 Å². The van der Waals surface area contributed by atoms with Crippen molar-refractivity contribution in [2.24, 2.45) is 4.99 Å². The highest BCUT2D eigenvalue weighted by atomic mass is 127. The summed E-state index contributed by atoms with van der Waals surface area (Å²) in [6.45, 7) is 2.89. The van der Waals surface area contributed by atoms with E-state index in [2.05, 4.69) is 58.1 Å². The first-order chi connectivity index (χ1) is 9.42. The maximum Gasteiger partial charge on any atom is 0.191 e. The summed E-state index contributed by atoms with van der Waals surface area (Å²) in [4.78, 5) is 4.40. The SMILES string of the molecule is I.c1ccc2cc(CCNC3=NCCCN3)ccc2c1. The Bertz CT molecular complexity index is 595. The Labute approximate surface area is 136 Å². The third kappa shape index (κ3) is 3.85. The maximum atomic E-state index is 4.40. The zero-order valence-corrected chi connectivity index (χ0v) is 13.8.